The summed E-state index contributed by atoms with van der Waals surface area (Å²) in [6.07, 6.45) is 6.96. The molecule has 1 N–H and O–H groups in total. The Morgan fingerprint density at radius 2 is 2.20 bits per heavy atom. The lowest BCUT2D eigenvalue weighted by molar-refractivity contribution is 0.283. The SMILES string of the molecule is C=C(/C=C\C(=C)OC)Cn1cnc2c(CO)ccnc21. The summed E-state index contributed by atoms with van der Waals surface area (Å²) in [5, 5.41) is 9.27. The van der Waals surface area contributed by atoms with Gasteiger partial charge in [-0.3, -0.25) is 0 Å². The fourth-order valence-electron chi connectivity index (χ4n) is 1.81. The Bertz CT molecular complexity index is 671. The molecule has 2 heterocycles. The molecule has 20 heavy (non-hydrogen) atoms. The maximum absolute atomic E-state index is 9.27. The molecule has 0 atom stereocenters. The van der Waals surface area contributed by atoms with Gasteiger partial charge >= 0.3 is 0 Å². The largest absolute Gasteiger partial charge is 0.497 e. The van der Waals surface area contributed by atoms with E-state index in [1.165, 1.54) is 0 Å². The van der Waals surface area contributed by atoms with Crippen LogP contribution in [0, 0.1) is 0 Å². The molecule has 0 amide bonds. The van der Waals surface area contributed by atoms with Crippen molar-refractivity contribution in [2.24, 2.45) is 0 Å². The van der Waals surface area contributed by atoms with Crippen molar-refractivity contribution in [1.29, 1.82) is 0 Å². The fraction of sp³-hybridized carbons (Fsp3) is 0.200. The van der Waals surface area contributed by atoms with Gasteiger partial charge in [-0.05, 0) is 17.7 Å². The number of rotatable bonds is 6. The normalized spacial score (nSPS) is 11.1. The highest BCUT2D eigenvalue weighted by molar-refractivity contribution is 5.74. The highest BCUT2D eigenvalue weighted by atomic mass is 16.5. The Labute approximate surface area is 117 Å². The number of allylic oxidation sites excluding steroid dienone is 3. The van der Waals surface area contributed by atoms with Gasteiger partial charge in [-0.25, -0.2) is 9.97 Å². The molecule has 0 aromatic carbocycles. The second-order valence-corrected chi connectivity index (χ2v) is 4.33. The molecule has 0 bridgehead atoms. The van der Waals surface area contributed by atoms with Crippen molar-refractivity contribution in [2.75, 3.05) is 7.11 Å². The molecule has 5 heteroatoms. The van der Waals surface area contributed by atoms with Gasteiger partial charge in [-0.2, -0.15) is 0 Å². The van der Waals surface area contributed by atoms with Crippen LogP contribution < -0.4 is 0 Å². The summed E-state index contributed by atoms with van der Waals surface area (Å²) >= 11 is 0. The van der Waals surface area contributed by atoms with Crippen LogP contribution in [0.25, 0.3) is 11.2 Å². The van der Waals surface area contributed by atoms with E-state index in [0.29, 0.717) is 17.8 Å². The highest BCUT2D eigenvalue weighted by Crippen LogP contribution is 2.16. The zero-order valence-corrected chi connectivity index (χ0v) is 11.4. The molecule has 104 valence electrons. The fourth-order valence-corrected chi connectivity index (χ4v) is 1.81. The lowest BCUT2D eigenvalue weighted by Crippen LogP contribution is -1.99. The van der Waals surface area contributed by atoms with Gasteiger partial charge in [-0.15, -0.1) is 0 Å². The molecule has 0 saturated heterocycles. The van der Waals surface area contributed by atoms with Crippen molar-refractivity contribution in [2.45, 2.75) is 13.2 Å². The van der Waals surface area contributed by atoms with Crippen molar-refractivity contribution in [3.8, 4) is 0 Å². The van der Waals surface area contributed by atoms with Gasteiger partial charge in [0.2, 0.25) is 0 Å². The average molecular weight is 271 g/mol. The molecule has 2 rings (SSSR count). The number of aliphatic hydroxyl groups excluding tert-OH is 1. The zero-order chi connectivity index (χ0) is 14.5. The Kier molecular flexibility index (Phi) is 4.32. The van der Waals surface area contributed by atoms with E-state index in [2.05, 4.69) is 23.1 Å². The average Bonchev–Trinajstić information content (AvgIpc) is 2.87. The van der Waals surface area contributed by atoms with Crippen LogP contribution in [0.4, 0.5) is 0 Å². The Hall–Kier alpha value is -2.40. The summed E-state index contributed by atoms with van der Waals surface area (Å²) in [5.74, 6) is 0.572. The Balaban J connectivity index is 2.20. The van der Waals surface area contributed by atoms with Crippen LogP contribution in [0.1, 0.15) is 5.56 Å². The number of aromatic nitrogens is 3. The molecule has 0 aliphatic carbocycles. The maximum Gasteiger partial charge on any atom is 0.160 e. The molecule has 0 aliphatic rings. The van der Waals surface area contributed by atoms with E-state index in [1.807, 2.05) is 10.6 Å². The Morgan fingerprint density at radius 1 is 1.40 bits per heavy atom. The van der Waals surface area contributed by atoms with Crippen LogP contribution in [0.15, 0.2) is 55.2 Å². The van der Waals surface area contributed by atoms with Gasteiger partial charge in [0.25, 0.3) is 0 Å². The minimum absolute atomic E-state index is 0.0510. The summed E-state index contributed by atoms with van der Waals surface area (Å²) in [6, 6.07) is 1.76. The quantitative estimate of drug-likeness (QED) is 0.646. The first-order valence-corrected chi connectivity index (χ1v) is 6.14. The standard InChI is InChI=1S/C15H17N3O2/c1-11(4-5-12(2)20-3)8-18-10-17-14-13(9-19)6-7-16-15(14)18/h4-7,10,19H,1-2,8-9H2,3H3/b5-4-. The first-order chi connectivity index (χ1) is 9.65. The molecule has 0 aliphatic heterocycles. The summed E-state index contributed by atoms with van der Waals surface area (Å²) in [4.78, 5) is 8.58. The third kappa shape index (κ3) is 2.95. The van der Waals surface area contributed by atoms with E-state index < -0.39 is 0 Å². The number of methoxy groups -OCH3 is 1. The molecule has 5 nitrogen and oxygen atoms in total. The monoisotopic (exact) mass is 271 g/mol. The van der Waals surface area contributed by atoms with Crippen LogP contribution in [0.2, 0.25) is 0 Å². The van der Waals surface area contributed by atoms with E-state index in [-0.39, 0.29) is 6.61 Å². The molecule has 2 aromatic rings. The zero-order valence-electron chi connectivity index (χ0n) is 11.4. The van der Waals surface area contributed by atoms with Crippen molar-refractivity contribution >= 4 is 11.2 Å². The predicted molar refractivity (Wildman–Crippen MR) is 77.9 cm³/mol. The predicted octanol–water partition coefficient (Wildman–Crippen LogP) is 2.20. The number of ether oxygens (including phenoxy) is 1. The van der Waals surface area contributed by atoms with Crippen LogP contribution in [0.5, 0.6) is 0 Å². The van der Waals surface area contributed by atoms with Crippen LogP contribution in [-0.2, 0) is 17.9 Å². The van der Waals surface area contributed by atoms with Crippen molar-refractivity contribution < 1.29 is 9.84 Å². The Morgan fingerprint density at radius 3 is 2.90 bits per heavy atom. The number of pyridine rings is 1. The molecule has 0 unspecified atom stereocenters. The lowest BCUT2D eigenvalue weighted by atomic mass is 10.2. The molecular weight excluding hydrogens is 254 g/mol. The topological polar surface area (TPSA) is 60.2 Å². The van der Waals surface area contributed by atoms with Gasteiger partial charge in [0, 0.05) is 18.3 Å². The number of hydrogen-bond acceptors (Lipinski definition) is 4. The van der Waals surface area contributed by atoms with Gasteiger partial charge in [-0.1, -0.05) is 19.2 Å². The van der Waals surface area contributed by atoms with E-state index in [0.717, 1.165) is 16.8 Å². The second-order valence-electron chi connectivity index (χ2n) is 4.33. The van der Waals surface area contributed by atoms with Gasteiger partial charge in [0.1, 0.15) is 11.3 Å². The van der Waals surface area contributed by atoms with E-state index >= 15 is 0 Å². The number of aliphatic hydroxyl groups is 1. The number of fused-ring (bicyclic) bond motifs is 1. The molecule has 2 aromatic heterocycles. The van der Waals surface area contributed by atoms with Gasteiger partial charge < -0.3 is 14.4 Å². The molecule has 0 radical (unpaired) electrons. The number of nitrogens with zero attached hydrogens (tertiary/aromatic N) is 3. The third-order valence-electron chi connectivity index (χ3n) is 2.90. The van der Waals surface area contributed by atoms with E-state index in [1.54, 1.807) is 31.8 Å². The molecule has 0 spiro atoms. The summed E-state index contributed by atoms with van der Waals surface area (Å²) in [7, 11) is 1.57. The lowest BCUT2D eigenvalue weighted by Gasteiger charge is -2.04. The first kappa shape index (κ1) is 14.0. The van der Waals surface area contributed by atoms with E-state index in [4.69, 9.17) is 4.74 Å². The molecule has 0 fully saturated rings. The minimum Gasteiger partial charge on any atom is -0.497 e. The summed E-state index contributed by atoms with van der Waals surface area (Å²) in [5.41, 5.74) is 3.09. The smallest absolute Gasteiger partial charge is 0.160 e. The van der Waals surface area contributed by atoms with Crippen LogP contribution in [0.3, 0.4) is 0 Å². The van der Waals surface area contributed by atoms with Crippen molar-refractivity contribution in [1.82, 2.24) is 14.5 Å². The minimum atomic E-state index is -0.0510. The van der Waals surface area contributed by atoms with Gasteiger partial charge in [0.15, 0.2) is 5.65 Å². The van der Waals surface area contributed by atoms with Crippen LogP contribution >= 0.6 is 0 Å². The first-order valence-electron chi connectivity index (χ1n) is 6.14. The summed E-state index contributed by atoms with van der Waals surface area (Å²) in [6.45, 7) is 8.19. The van der Waals surface area contributed by atoms with E-state index in [9.17, 15) is 5.11 Å². The summed E-state index contributed by atoms with van der Waals surface area (Å²) < 4.78 is 6.84. The second kappa shape index (κ2) is 6.16. The van der Waals surface area contributed by atoms with Crippen LogP contribution in [-0.4, -0.2) is 26.8 Å². The van der Waals surface area contributed by atoms with Gasteiger partial charge in [0.05, 0.1) is 20.0 Å². The molecule has 0 saturated carbocycles. The third-order valence-corrected chi connectivity index (χ3v) is 2.90. The molecular formula is C15H17N3O2. The number of imidazole rings is 1. The van der Waals surface area contributed by atoms with Crippen molar-refractivity contribution in [3.63, 3.8) is 0 Å². The highest BCUT2D eigenvalue weighted by Gasteiger charge is 2.07. The number of hydrogen-bond donors (Lipinski definition) is 1. The van der Waals surface area contributed by atoms with Crippen molar-refractivity contribution in [3.05, 3.63) is 60.8 Å². The maximum atomic E-state index is 9.27.